The molecule has 0 saturated carbocycles. The number of hydrogen-bond donors (Lipinski definition) is 0. The summed E-state index contributed by atoms with van der Waals surface area (Å²) in [6.07, 6.45) is 1.18. The zero-order valence-electron chi connectivity index (χ0n) is 14.4. The average molecular weight is 338 g/mol. The molecule has 4 heteroatoms. The molecule has 1 heterocycles. The molecule has 0 aliphatic carbocycles. The first-order valence-electron chi connectivity index (χ1n) is 8.30. The van der Waals surface area contributed by atoms with Crippen LogP contribution in [0.4, 0.5) is 0 Å². The molecule has 3 aromatic rings. The zero-order valence-corrected chi connectivity index (χ0v) is 15.2. The molecule has 1 aromatic heterocycles. The van der Waals surface area contributed by atoms with E-state index in [0.717, 1.165) is 17.8 Å². The van der Waals surface area contributed by atoms with E-state index in [1.165, 1.54) is 26.9 Å². The number of aromatic nitrogens is 1. The molecule has 0 aliphatic heterocycles. The van der Waals surface area contributed by atoms with Gasteiger partial charge in [0.1, 0.15) is 0 Å². The van der Waals surface area contributed by atoms with E-state index < -0.39 is 0 Å². The van der Waals surface area contributed by atoms with Crippen molar-refractivity contribution in [1.29, 1.82) is 0 Å². The number of carbonyl (C=O) groups excluding carboxylic acids is 1. The van der Waals surface area contributed by atoms with Gasteiger partial charge in [0.2, 0.25) is 5.91 Å². The highest BCUT2D eigenvalue weighted by atomic mass is 32.1. The summed E-state index contributed by atoms with van der Waals surface area (Å²) in [5.74, 6) is -0.0546. The van der Waals surface area contributed by atoms with Crippen molar-refractivity contribution in [3.63, 3.8) is 0 Å². The Bertz CT molecular complexity index is 935. The van der Waals surface area contributed by atoms with Crippen LogP contribution in [0.5, 0.6) is 0 Å². The largest absolute Gasteiger partial charge is 0.317 e. The van der Waals surface area contributed by atoms with E-state index in [1.54, 1.807) is 11.3 Å². The molecule has 0 N–H and O–H groups in total. The van der Waals surface area contributed by atoms with Gasteiger partial charge in [-0.1, -0.05) is 41.7 Å². The molecule has 0 atom stereocenters. The number of rotatable bonds is 4. The molecule has 124 valence electrons. The summed E-state index contributed by atoms with van der Waals surface area (Å²) in [5, 5.41) is 0. The van der Waals surface area contributed by atoms with E-state index >= 15 is 0 Å². The lowest BCUT2D eigenvalue weighted by atomic mass is 10.1. The fourth-order valence-corrected chi connectivity index (χ4v) is 3.96. The Morgan fingerprint density at radius 2 is 1.83 bits per heavy atom. The highest BCUT2D eigenvalue weighted by Crippen LogP contribution is 2.22. The van der Waals surface area contributed by atoms with Gasteiger partial charge in [0.05, 0.1) is 10.2 Å². The number of nitrogens with zero attached hydrogens (tertiary/aromatic N) is 2. The summed E-state index contributed by atoms with van der Waals surface area (Å²) in [6.45, 7) is 7.14. The van der Waals surface area contributed by atoms with Gasteiger partial charge in [-0.25, -0.2) is 0 Å². The van der Waals surface area contributed by atoms with Crippen LogP contribution in [-0.4, -0.2) is 10.5 Å². The fraction of sp³-hybridized carbons (Fsp3) is 0.300. The summed E-state index contributed by atoms with van der Waals surface area (Å²) >= 11 is 1.60. The van der Waals surface area contributed by atoms with Gasteiger partial charge < -0.3 is 4.57 Å². The van der Waals surface area contributed by atoms with Crippen LogP contribution in [0.1, 0.15) is 30.0 Å². The molecule has 0 radical (unpaired) electrons. The Balaban J connectivity index is 1.90. The van der Waals surface area contributed by atoms with Crippen molar-refractivity contribution in [3.8, 4) is 0 Å². The van der Waals surface area contributed by atoms with Crippen LogP contribution < -0.4 is 4.80 Å². The predicted molar refractivity (Wildman–Crippen MR) is 100 cm³/mol. The molecule has 0 aliphatic rings. The fourth-order valence-electron chi connectivity index (χ4n) is 2.77. The Morgan fingerprint density at radius 3 is 2.54 bits per heavy atom. The van der Waals surface area contributed by atoms with Gasteiger partial charge in [0, 0.05) is 13.0 Å². The molecular weight excluding hydrogens is 316 g/mol. The topological polar surface area (TPSA) is 34.4 Å². The maximum atomic E-state index is 12.3. The lowest BCUT2D eigenvalue weighted by Gasteiger charge is -2.03. The first-order chi connectivity index (χ1) is 11.6. The quantitative estimate of drug-likeness (QED) is 0.694. The number of benzene rings is 2. The van der Waals surface area contributed by atoms with Gasteiger partial charge in [-0.15, -0.1) is 0 Å². The molecule has 24 heavy (non-hydrogen) atoms. The van der Waals surface area contributed by atoms with E-state index in [1.807, 2.05) is 30.3 Å². The number of fused-ring (bicyclic) bond motifs is 1. The lowest BCUT2D eigenvalue weighted by Crippen LogP contribution is -2.16. The van der Waals surface area contributed by atoms with Crippen LogP contribution in [0.25, 0.3) is 10.2 Å². The molecule has 0 saturated heterocycles. The molecule has 3 nitrogen and oxygen atoms in total. The molecule has 0 bridgehead atoms. The molecule has 2 aromatic carbocycles. The minimum Gasteiger partial charge on any atom is -0.317 e. The van der Waals surface area contributed by atoms with E-state index in [4.69, 9.17) is 0 Å². The minimum atomic E-state index is -0.0546. The van der Waals surface area contributed by atoms with Crippen molar-refractivity contribution in [2.75, 3.05) is 0 Å². The summed E-state index contributed by atoms with van der Waals surface area (Å²) in [7, 11) is 0. The Kier molecular flexibility index (Phi) is 4.95. The van der Waals surface area contributed by atoms with Crippen molar-refractivity contribution in [3.05, 3.63) is 64.0 Å². The van der Waals surface area contributed by atoms with Crippen molar-refractivity contribution < 1.29 is 4.79 Å². The van der Waals surface area contributed by atoms with E-state index in [-0.39, 0.29) is 5.91 Å². The maximum absolute atomic E-state index is 12.3. The number of carbonyl (C=O) groups is 1. The highest BCUT2D eigenvalue weighted by molar-refractivity contribution is 7.16. The van der Waals surface area contributed by atoms with Crippen LogP contribution in [0.2, 0.25) is 0 Å². The van der Waals surface area contributed by atoms with Crippen LogP contribution in [-0.2, 0) is 17.8 Å². The molecule has 1 amide bonds. The number of aryl methyl sites for hydroxylation is 4. The van der Waals surface area contributed by atoms with Gasteiger partial charge in [0.15, 0.2) is 4.80 Å². The Morgan fingerprint density at radius 1 is 1.12 bits per heavy atom. The van der Waals surface area contributed by atoms with E-state index in [0.29, 0.717) is 6.42 Å². The normalized spacial score (nSPS) is 12.0. The summed E-state index contributed by atoms with van der Waals surface area (Å²) in [6, 6.07) is 14.5. The highest BCUT2D eigenvalue weighted by Gasteiger charge is 2.08. The van der Waals surface area contributed by atoms with E-state index in [9.17, 15) is 4.79 Å². The molecular formula is C20H22N2OS. The van der Waals surface area contributed by atoms with Gasteiger partial charge in [0.25, 0.3) is 0 Å². The lowest BCUT2D eigenvalue weighted by molar-refractivity contribution is -0.118. The molecule has 3 rings (SSSR count). The SMILES string of the molecule is CCn1c(=NC(=O)CCc2ccccc2)sc2cc(C)c(C)cc21. The van der Waals surface area contributed by atoms with Crippen molar-refractivity contribution in [2.24, 2.45) is 4.99 Å². The summed E-state index contributed by atoms with van der Waals surface area (Å²) < 4.78 is 3.32. The average Bonchev–Trinajstić information content (AvgIpc) is 2.90. The third-order valence-corrected chi connectivity index (χ3v) is 5.35. The summed E-state index contributed by atoms with van der Waals surface area (Å²) in [4.78, 5) is 17.5. The standard InChI is InChI=1S/C20H22N2OS/c1-4-22-17-12-14(2)15(3)13-18(17)24-20(22)21-19(23)11-10-16-8-6-5-7-9-16/h5-9,12-13H,4,10-11H2,1-3H3. The zero-order chi connectivity index (χ0) is 17.1. The van der Waals surface area contributed by atoms with Crippen LogP contribution in [0.15, 0.2) is 47.5 Å². The van der Waals surface area contributed by atoms with Gasteiger partial charge in [-0.2, -0.15) is 4.99 Å². The third kappa shape index (κ3) is 3.49. The molecule has 0 spiro atoms. The van der Waals surface area contributed by atoms with Gasteiger partial charge >= 0.3 is 0 Å². The van der Waals surface area contributed by atoms with Crippen molar-refractivity contribution in [2.45, 2.75) is 40.2 Å². The van der Waals surface area contributed by atoms with Gasteiger partial charge in [-0.05, 0) is 56.0 Å². The number of thiazole rings is 1. The van der Waals surface area contributed by atoms with Crippen molar-refractivity contribution in [1.82, 2.24) is 4.57 Å². The number of amides is 1. The predicted octanol–water partition coefficient (Wildman–Crippen LogP) is 4.40. The van der Waals surface area contributed by atoms with Crippen molar-refractivity contribution >= 4 is 27.5 Å². The smallest absolute Gasteiger partial charge is 0.248 e. The maximum Gasteiger partial charge on any atom is 0.248 e. The first-order valence-corrected chi connectivity index (χ1v) is 9.12. The van der Waals surface area contributed by atoms with E-state index in [2.05, 4.69) is 42.5 Å². The molecule has 0 fully saturated rings. The van der Waals surface area contributed by atoms with Crippen LogP contribution in [0.3, 0.4) is 0 Å². The monoisotopic (exact) mass is 338 g/mol. The first kappa shape index (κ1) is 16.7. The van der Waals surface area contributed by atoms with Crippen LogP contribution >= 0.6 is 11.3 Å². The second-order valence-corrected chi connectivity index (χ2v) is 7.03. The van der Waals surface area contributed by atoms with Gasteiger partial charge in [-0.3, -0.25) is 4.79 Å². The second kappa shape index (κ2) is 7.14. The Hall–Kier alpha value is -2.20. The summed E-state index contributed by atoms with van der Waals surface area (Å²) in [5.41, 5.74) is 4.88. The second-order valence-electron chi connectivity index (χ2n) is 6.02. The Labute approximate surface area is 146 Å². The molecule has 0 unspecified atom stereocenters. The van der Waals surface area contributed by atoms with Crippen LogP contribution in [0, 0.1) is 13.8 Å². The third-order valence-electron chi connectivity index (χ3n) is 4.31. The number of hydrogen-bond acceptors (Lipinski definition) is 2. The minimum absolute atomic E-state index is 0.0546.